The second-order valence-electron chi connectivity index (χ2n) is 8.63. The van der Waals surface area contributed by atoms with Gasteiger partial charge in [-0.1, -0.05) is 12.1 Å². The Morgan fingerprint density at radius 2 is 1.94 bits per heavy atom. The number of rotatable bonds is 6. The minimum Gasteiger partial charge on any atom is -0.493 e. The first-order chi connectivity index (χ1) is 15.1. The fraction of sp³-hybridized carbons (Fsp3) is 0.435. The summed E-state index contributed by atoms with van der Waals surface area (Å²) in [6, 6.07) is 8.94. The summed E-state index contributed by atoms with van der Waals surface area (Å²) in [7, 11) is 4.76. The van der Waals surface area contributed by atoms with Crippen molar-refractivity contribution in [3.05, 3.63) is 46.2 Å². The summed E-state index contributed by atoms with van der Waals surface area (Å²) in [6.07, 6.45) is 0.569. The molecule has 1 aliphatic heterocycles. The van der Waals surface area contributed by atoms with E-state index in [2.05, 4.69) is 10.4 Å². The molecule has 1 aromatic carbocycles. The van der Waals surface area contributed by atoms with Crippen molar-refractivity contribution in [1.82, 2.24) is 15.2 Å². The standard InChI is InChI=1S/C23H30N4O4S/c1-23(2,3)24-22(29)26(4)14-21(28)27-17(13-16(25-27)20-8-7-11-32-20)15-9-10-18(30-5)19(12-15)31-6/h7-12,17H,13-14H2,1-6H3,(H,24,29)/t17-/m1/s1. The summed E-state index contributed by atoms with van der Waals surface area (Å²) in [5.74, 6) is 0.941. The van der Waals surface area contributed by atoms with E-state index in [0.29, 0.717) is 17.9 Å². The number of nitrogens with zero attached hydrogens (tertiary/aromatic N) is 3. The molecule has 0 bridgehead atoms. The van der Waals surface area contributed by atoms with Gasteiger partial charge in [0.05, 0.1) is 30.9 Å². The highest BCUT2D eigenvalue weighted by Gasteiger charge is 2.35. The molecule has 1 aromatic heterocycles. The van der Waals surface area contributed by atoms with Gasteiger partial charge >= 0.3 is 6.03 Å². The number of methoxy groups -OCH3 is 2. The summed E-state index contributed by atoms with van der Waals surface area (Å²) in [6.45, 7) is 5.59. The number of thiophene rings is 1. The topological polar surface area (TPSA) is 83.5 Å². The van der Waals surface area contributed by atoms with Crippen molar-refractivity contribution in [3.63, 3.8) is 0 Å². The van der Waals surface area contributed by atoms with Crippen molar-refractivity contribution >= 4 is 29.0 Å². The summed E-state index contributed by atoms with van der Waals surface area (Å²) >= 11 is 1.58. The van der Waals surface area contributed by atoms with E-state index in [9.17, 15) is 9.59 Å². The van der Waals surface area contributed by atoms with Crippen molar-refractivity contribution < 1.29 is 19.1 Å². The molecule has 0 saturated heterocycles. The number of hydrogen-bond donors (Lipinski definition) is 1. The van der Waals surface area contributed by atoms with Crippen LogP contribution in [0.5, 0.6) is 11.5 Å². The first-order valence-corrected chi connectivity index (χ1v) is 11.2. The first-order valence-electron chi connectivity index (χ1n) is 10.3. The number of ether oxygens (including phenoxy) is 2. The van der Waals surface area contributed by atoms with Crippen LogP contribution in [0.2, 0.25) is 0 Å². The van der Waals surface area contributed by atoms with Gasteiger partial charge in [0.2, 0.25) is 0 Å². The van der Waals surface area contributed by atoms with Crippen molar-refractivity contribution in [2.24, 2.45) is 5.10 Å². The predicted octanol–water partition coefficient (Wildman–Crippen LogP) is 3.88. The molecular formula is C23H30N4O4S. The molecule has 0 radical (unpaired) electrons. The number of urea groups is 1. The van der Waals surface area contributed by atoms with Crippen LogP contribution >= 0.6 is 11.3 Å². The van der Waals surface area contributed by atoms with Crippen LogP contribution in [0.1, 0.15) is 43.7 Å². The lowest BCUT2D eigenvalue weighted by atomic mass is 10.0. The monoisotopic (exact) mass is 458 g/mol. The minimum atomic E-state index is -0.394. The third-order valence-corrected chi connectivity index (χ3v) is 5.88. The van der Waals surface area contributed by atoms with E-state index in [1.807, 2.05) is 56.5 Å². The fourth-order valence-corrected chi connectivity index (χ4v) is 4.14. The largest absolute Gasteiger partial charge is 0.493 e. The van der Waals surface area contributed by atoms with Gasteiger partial charge in [-0.2, -0.15) is 5.10 Å². The van der Waals surface area contributed by atoms with Gasteiger partial charge < -0.3 is 19.7 Å². The van der Waals surface area contributed by atoms with Crippen LogP contribution in [0, 0.1) is 0 Å². The molecular weight excluding hydrogens is 428 g/mol. The molecule has 172 valence electrons. The lowest BCUT2D eigenvalue weighted by Crippen LogP contribution is -2.49. The maximum atomic E-state index is 13.2. The number of nitrogens with one attached hydrogen (secondary N) is 1. The molecule has 32 heavy (non-hydrogen) atoms. The summed E-state index contributed by atoms with van der Waals surface area (Å²) in [4.78, 5) is 28.1. The van der Waals surface area contributed by atoms with E-state index >= 15 is 0 Å². The molecule has 1 aliphatic rings. The van der Waals surface area contributed by atoms with E-state index in [4.69, 9.17) is 9.47 Å². The fourth-order valence-electron chi connectivity index (χ4n) is 3.41. The molecule has 0 spiro atoms. The second-order valence-corrected chi connectivity index (χ2v) is 9.58. The molecule has 1 atom stereocenters. The average Bonchev–Trinajstić information content (AvgIpc) is 3.41. The van der Waals surface area contributed by atoms with Crippen LogP contribution in [0.4, 0.5) is 4.79 Å². The maximum Gasteiger partial charge on any atom is 0.318 e. The molecule has 3 amide bonds. The van der Waals surface area contributed by atoms with Gasteiger partial charge in [0.1, 0.15) is 6.54 Å². The summed E-state index contributed by atoms with van der Waals surface area (Å²) in [5.41, 5.74) is 1.33. The van der Waals surface area contributed by atoms with E-state index < -0.39 is 5.54 Å². The zero-order chi connectivity index (χ0) is 23.5. The average molecular weight is 459 g/mol. The van der Waals surface area contributed by atoms with E-state index in [0.717, 1.165) is 16.2 Å². The SMILES string of the molecule is COc1ccc([C@H]2CC(c3cccs3)=NN2C(=O)CN(C)C(=O)NC(C)(C)C)cc1OC. The highest BCUT2D eigenvalue weighted by Crippen LogP contribution is 2.37. The first kappa shape index (κ1) is 23.6. The van der Waals surface area contributed by atoms with Crippen molar-refractivity contribution in [2.45, 2.75) is 38.8 Å². The molecule has 0 fully saturated rings. The molecule has 0 saturated carbocycles. The van der Waals surface area contributed by atoms with Gasteiger partial charge in [0.15, 0.2) is 11.5 Å². The van der Waals surface area contributed by atoms with Crippen LogP contribution < -0.4 is 14.8 Å². The number of hydrazone groups is 1. The van der Waals surface area contributed by atoms with Crippen molar-refractivity contribution in [3.8, 4) is 11.5 Å². The van der Waals surface area contributed by atoms with Gasteiger partial charge in [-0.05, 0) is 49.9 Å². The molecule has 3 rings (SSSR count). The highest BCUT2D eigenvalue weighted by molar-refractivity contribution is 7.12. The van der Waals surface area contributed by atoms with Crippen LogP contribution in [0.15, 0.2) is 40.8 Å². The normalized spacial score (nSPS) is 15.9. The van der Waals surface area contributed by atoms with Gasteiger partial charge in [0.25, 0.3) is 5.91 Å². The van der Waals surface area contributed by atoms with Crippen molar-refractivity contribution in [1.29, 1.82) is 0 Å². The third kappa shape index (κ3) is 5.40. The van der Waals surface area contributed by atoms with Crippen LogP contribution in [0.25, 0.3) is 0 Å². The molecule has 0 aliphatic carbocycles. The molecule has 0 unspecified atom stereocenters. The van der Waals surface area contributed by atoms with E-state index in [1.165, 1.54) is 9.91 Å². The Balaban J connectivity index is 1.87. The quantitative estimate of drug-likeness (QED) is 0.712. The van der Waals surface area contributed by atoms with E-state index in [-0.39, 0.29) is 24.5 Å². The summed E-state index contributed by atoms with van der Waals surface area (Å²) < 4.78 is 10.8. The Bertz CT molecular complexity index is 998. The third-order valence-electron chi connectivity index (χ3n) is 4.96. The number of carbonyl (C=O) groups is 2. The lowest BCUT2D eigenvalue weighted by Gasteiger charge is -2.28. The maximum absolute atomic E-state index is 13.2. The summed E-state index contributed by atoms with van der Waals surface area (Å²) in [5, 5.41) is 11.0. The molecule has 9 heteroatoms. The smallest absolute Gasteiger partial charge is 0.318 e. The van der Waals surface area contributed by atoms with Crippen LogP contribution in [0.3, 0.4) is 0 Å². The second kappa shape index (κ2) is 9.60. The Kier molecular flexibility index (Phi) is 7.08. The van der Waals surface area contributed by atoms with Gasteiger partial charge in [-0.25, -0.2) is 9.80 Å². The minimum absolute atomic E-state index is 0.0904. The Hall–Kier alpha value is -3.07. The lowest BCUT2D eigenvalue weighted by molar-refractivity contribution is -0.133. The Labute approximate surface area is 192 Å². The molecule has 8 nitrogen and oxygen atoms in total. The van der Waals surface area contributed by atoms with E-state index in [1.54, 1.807) is 32.6 Å². The molecule has 1 N–H and O–H groups in total. The van der Waals surface area contributed by atoms with Gasteiger partial charge in [-0.15, -0.1) is 11.3 Å². The number of amides is 3. The Morgan fingerprint density at radius 1 is 1.22 bits per heavy atom. The van der Waals surface area contributed by atoms with Crippen LogP contribution in [-0.4, -0.2) is 60.9 Å². The zero-order valence-corrected chi connectivity index (χ0v) is 20.2. The molecule has 2 heterocycles. The predicted molar refractivity (Wildman–Crippen MR) is 126 cm³/mol. The number of carbonyl (C=O) groups excluding carboxylic acids is 2. The number of hydrogen-bond acceptors (Lipinski definition) is 6. The highest BCUT2D eigenvalue weighted by atomic mass is 32.1. The number of likely N-dealkylation sites (N-methyl/N-ethyl adjacent to an activating group) is 1. The van der Waals surface area contributed by atoms with Crippen LogP contribution in [-0.2, 0) is 4.79 Å². The van der Waals surface area contributed by atoms with Gasteiger partial charge in [0, 0.05) is 19.0 Å². The van der Waals surface area contributed by atoms with Gasteiger partial charge in [-0.3, -0.25) is 4.79 Å². The Morgan fingerprint density at radius 3 is 2.53 bits per heavy atom. The van der Waals surface area contributed by atoms with Crippen molar-refractivity contribution in [2.75, 3.05) is 27.8 Å². The zero-order valence-electron chi connectivity index (χ0n) is 19.3. The number of benzene rings is 1. The molecule has 2 aromatic rings.